The van der Waals surface area contributed by atoms with Crippen molar-refractivity contribution in [2.75, 3.05) is 6.61 Å². The van der Waals surface area contributed by atoms with Crippen LogP contribution in [0.25, 0.3) is 0 Å². The van der Waals surface area contributed by atoms with E-state index in [0.717, 1.165) is 10.0 Å². The minimum atomic E-state index is -0.481. The zero-order valence-electron chi connectivity index (χ0n) is 10.5. The highest BCUT2D eigenvalue weighted by atomic mass is 79.9. The van der Waals surface area contributed by atoms with E-state index < -0.39 is 5.97 Å². The van der Waals surface area contributed by atoms with Gasteiger partial charge in [-0.2, -0.15) is 11.3 Å². The Bertz CT molecular complexity index is 581. The lowest BCUT2D eigenvalue weighted by atomic mass is 10.2. The van der Waals surface area contributed by atoms with Crippen LogP contribution in [0.5, 0.6) is 0 Å². The van der Waals surface area contributed by atoms with Gasteiger partial charge in [-0.1, -0.05) is 28.1 Å². The smallest absolute Gasteiger partial charge is 0.339 e. The molecule has 0 saturated heterocycles. The third kappa shape index (κ3) is 4.47. The standard InChI is InChI=1S/C14H12BrNO3S/c15-12-3-1-10(2-4-12)7-16-13(17)8-19-14(18)11-5-6-20-9-11/h1-6,9H,7-8H2,(H,16,17). The Hall–Kier alpha value is -1.66. The predicted molar refractivity (Wildman–Crippen MR) is 80.6 cm³/mol. The monoisotopic (exact) mass is 353 g/mol. The normalized spacial score (nSPS) is 10.1. The van der Waals surface area contributed by atoms with Crippen LogP contribution in [0.3, 0.4) is 0 Å². The van der Waals surface area contributed by atoms with Crippen molar-refractivity contribution in [3.05, 3.63) is 56.7 Å². The average Bonchev–Trinajstić information content (AvgIpc) is 2.98. The van der Waals surface area contributed by atoms with E-state index in [1.807, 2.05) is 24.3 Å². The number of hydrogen-bond acceptors (Lipinski definition) is 4. The number of benzene rings is 1. The van der Waals surface area contributed by atoms with E-state index >= 15 is 0 Å². The first-order valence-electron chi connectivity index (χ1n) is 5.85. The molecule has 1 amide bonds. The van der Waals surface area contributed by atoms with Crippen molar-refractivity contribution in [2.45, 2.75) is 6.54 Å². The fraction of sp³-hybridized carbons (Fsp3) is 0.143. The van der Waals surface area contributed by atoms with Crippen LogP contribution >= 0.6 is 27.3 Å². The number of carbonyl (C=O) groups is 2. The summed E-state index contributed by atoms with van der Waals surface area (Å²) in [6, 6.07) is 9.27. The minimum Gasteiger partial charge on any atom is -0.452 e. The molecule has 1 aromatic carbocycles. The molecule has 104 valence electrons. The van der Waals surface area contributed by atoms with Crippen molar-refractivity contribution in [3.63, 3.8) is 0 Å². The van der Waals surface area contributed by atoms with Crippen molar-refractivity contribution in [1.29, 1.82) is 0 Å². The summed E-state index contributed by atoms with van der Waals surface area (Å²) in [6.07, 6.45) is 0. The molecule has 0 saturated carbocycles. The largest absolute Gasteiger partial charge is 0.452 e. The van der Waals surface area contributed by atoms with Gasteiger partial charge in [0.2, 0.25) is 0 Å². The van der Waals surface area contributed by atoms with Gasteiger partial charge >= 0.3 is 5.97 Å². The topological polar surface area (TPSA) is 55.4 Å². The number of amides is 1. The van der Waals surface area contributed by atoms with Crippen LogP contribution in [0.1, 0.15) is 15.9 Å². The lowest BCUT2D eigenvalue weighted by Gasteiger charge is -2.06. The number of esters is 1. The molecular weight excluding hydrogens is 342 g/mol. The van der Waals surface area contributed by atoms with E-state index in [0.29, 0.717) is 12.1 Å². The summed E-state index contributed by atoms with van der Waals surface area (Å²) >= 11 is 4.75. The van der Waals surface area contributed by atoms with Gasteiger partial charge in [-0.3, -0.25) is 4.79 Å². The second kappa shape index (κ2) is 7.21. The number of nitrogens with one attached hydrogen (secondary N) is 1. The SMILES string of the molecule is O=C(COC(=O)c1ccsc1)NCc1ccc(Br)cc1. The molecule has 0 bridgehead atoms. The van der Waals surface area contributed by atoms with Gasteiger partial charge in [0.1, 0.15) is 0 Å². The number of thiophene rings is 1. The molecule has 0 aliphatic carbocycles. The van der Waals surface area contributed by atoms with E-state index in [2.05, 4.69) is 21.2 Å². The van der Waals surface area contributed by atoms with Gasteiger partial charge in [0, 0.05) is 16.4 Å². The number of carbonyl (C=O) groups excluding carboxylic acids is 2. The van der Waals surface area contributed by atoms with Crippen LogP contribution < -0.4 is 5.32 Å². The van der Waals surface area contributed by atoms with Gasteiger partial charge in [-0.25, -0.2) is 4.79 Å². The third-order valence-corrected chi connectivity index (χ3v) is 3.71. The lowest BCUT2D eigenvalue weighted by molar-refractivity contribution is -0.124. The van der Waals surface area contributed by atoms with Crippen molar-refractivity contribution < 1.29 is 14.3 Å². The molecule has 1 N–H and O–H groups in total. The van der Waals surface area contributed by atoms with E-state index in [9.17, 15) is 9.59 Å². The summed E-state index contributed by atoms with van der Waals surface area (Å²) < 4.78 is 5.89. The Morgan fingerprint density at radius 2 is 1.95 bits per heavy atom. The van der Waals surface area contributed by atoms with Crippen molar-refractivity contribution >= 4 is 39.1 Å². The highest BCUT2D eigenvalue weighted by Gasteiger charge is 2.10. The summed E-state index contributed by atoms with van der Waals surface area (Å²) in [5.74, 6) is -0.804. The van der Waals surface area contributed by atoms with Crippen molar-refractivity contribution in [2.24, 2.45) is 0 Å². The van der Waals surface area contributed by atoms with Gasteiger partial charge < -0.3 is 10.1 Å². The Morgan fingerprint density at radius 3 is 2.60 bits per heavy atom. The molecule has 20 heavy (non-hydrogen) atoms. The summed E-state index contributed by atoms with van der Waals surface area (Å²) in [4.78, 5) is 23.1. The van der Waals surface area contributed by atoms with E-state index in [-0.39, 0.29) is 12.5 Å². The Labute approximate surface area is 128 Å². The van der Waals surface area contributed by atoms with Crippen LogP contribution in [-0.4, -0.2) is 18.5 Å². The van der Waals surface area contributed by atoms with Crippen LogP contribution in [0.4, 0.5) is 0 Å². The quantitative estimate of drug-likeness (QED) is 0.840. The molecule has 0 fully saturated rings. The molecule has 6 heteroatoms. The molecule has 0 unspecified atom stereocenters. The second-order valence-electron chi connectivity index (χ2n) is 3.99. The Balaban J connectivity index is 1.73. The van der Waals surface area contributed by atoms with E-state index in [4.69, 9.17) is 4.74 Å². The third-order valence-electron chi connectivity index (χ3n) is 2.49. The first kappa shape index (κ1) is 14.7. The summed E-state index contributed by atoms with van der Waals surface area (Å²) in [6.45, 7) is 0.132. The summed E-state index contributed by atoms with van der Waals surface area (Å²) in [5, 5.41) is 6.15. The van der Waals surface area contributed by atoms with Crippen LogP contribution in [0.15, 0.2) is 45.6 Å². The van der Waals surface area contributed by atoms with Crippen molar-refractivity contribution in [1.82, 2.24) is 5.32 Å². The maximum atomic E-state index is 11.6. The molecule has 0 aliphatic heterocycles. The van der Waals surface area contributed by atoms with Crippen LogP contribution in [-0.2, 0) is 16.1 Å². The van der Waals surface area contributed by atoms with Crippen molar-refractivity contribution in [3.8, 4) is 0 Å². The molecule has 0 aliphatic rings. The Kier molecular flexibility index (Phi) is 5.31. The second-order valence-corrected chi connectivity index (χ2v) is 5.69. The first-order chi connectivity index (χ1) is 9.65. The summed E-state index contributed by atoms with van der Waals surface area (Å²) in [7, 11) is 0. The van der Waals surface area contributed by atoms with Gasteiger partial charge in [0.15, 0.2) is 6.61 Å². The fourth-order valence-electron chi connectivity index (χ4n) is 1.45. The molecule has 0 spiro atoms. The highest BCUT2D eigenvalue weighted by molar-refractivity contribution is 9.10. The molecule has 1 heterocycles. The Morgan fingerprint density at radius 1 is 1.20 bits per heavy atom. The highest BCUT2D eigenvalue weighted by Crippen LogP contribution is 2.10. The first-order valence-corrected chi connectivity index (χ1v) is 7.59. The number of ether oxygens (including phenoxy) is 1. The maximum absolute atomic E-state index is 11.6. The van der Waals surface area contributed by atoms with E-state index in [1.165, 1.54) is 11.3 Å². The van der Waals surface area contributed by atoms with Gasteiger partial charge in [-0.05, 0) is 29.1 Å². The van der Waals surface area contributed by atoms with E-state index in [1.54, 1.807) is 16.8 Å². The molecule has 2 rings (SSSR count). The zero-order valence-corrected chi connectivity index (χ0v) is 12.9. The average molecular weight is 354 g/mol. The van der Waals surface area contributed by atoms with Crippen LogP contribution in [0, 0.1) is 0 Å². The summed E-state index contributed by atoms with van der Waals surface area (Å²) in [5.41, 5.74) is 1.45. The molecule has 2 aromatic rings. The lowest BCUT2D eigenvalue weighted by Crippen LogP contribution is -2.28. The number of rotatable bonds is 5. The molecular formula is C14H12BrNO3S. The van der Waals surface area contributed by atoms with Gasteiger partial charge in [0.25, 0.3) is 5.91 Å². The molecule has 0 radical (unpaired) electrons. The zero-order chi connectivity index (χ0) is 14.4. The number of halogens is 1. The molecule has 4 nitrogen and oxygen atoms in total. The fourth-order valence-corrected chi connectivity index (χ4v) is 2.34. The minimum absolute atomic E-state index is 0.273. The predicted octanol–water partition coefficient (Wildman–Crippen LogP) is 2.98. The molecule has 0 atom stereocenters. The van der Waals surface area contributed by atoms with Gasteiger partial charge in [0.05, 0.1) is 5.56 Å². The van der Waals surface area contributed by atoms with Crippen LogP contribution in [0.2, 0.25) is 0 Å². The number of hydrogen-bond donors (Lipinski definition) is 1. The molecule has 1 aromatic heterocycles. The van der Waals surface area contributed by atoms with Gasteiger partial charge in [-0.15, -0.1) is 0 Å². The maximum Gasteiger partial charge on any atom is 0.339 e.